The number of para-hydroxylation sites is 1. The molecule has 1 fully saturated rings. The van der Waals surface area contributed by atoms with Crippen molar-refractivity contribution >= 4 is 16.8 Å². The topological polar surface area (TPSA) is 58.4 Å². The summed E-state index contributed by atoms with van der Waals surface area (Å²) >= 11 is 0. The molecule has 1 amide bonds. The van der Waals surface area contributed by atoms with Crippen molar-refractivity contribution in [1.29, 1.82) is 0 Å². The van der Waals surface area contributed by atoms with Crippen molar-refractivity contribution in [3.8, 4) is 0 Å². The van der Waals surface area contributed by atoms with Crippen molar-refractivity contribution in [2.45, 2.75) is 19.5 Å². The molecule has 1 saturated heterocycles. The third-order valence-electron chi connectivity index (χ3n) is 5.45. The summed E-state index contributed by atoms with van der Waals surface area (Å²) < 4.78 is 1.42. The van der Waals surface area contributed by atoms with Crippen molar-refractivity contribution < 1.29 is 4.79 Å². The monoisotopic (exact) mass is 376 g/mol. The molecule has 4 rings (SSSR count). The molecule has 0 bridgehead atoms. The van der Waals surface area contributed by atoms with Crippen LogP contribution in [0.3, 0.4) is 0 Å². The Labute approximate surface area is 164 Å². The van der Waals surface area contributed by atoms with Gasteiger partial charge in [0.15, 0.2) is 0 Å². The molecule has 6 heteroatoms. The number of fused-ring (bicyclic) bond motifs is 1. The molecule has 1 aromatic heterocycles. The van der Waals surface area contributed by atoms with Crippen LogP contribution < -0.4 is 5.56 Å². The number of hydrogen-bond donors (Lipinski definition) is 0. The van der Waals surface area contributed by atoms with E-state index in [1.807, 2.05) is 42.2 Å². The molecule has 3 aromatic rings. The number of carbonyl (C=O) groups excluding carboxylic acids is 1. The molecule has 2 heterocycles. The fourth-order valence-corrected chi connectivity index (χ4v) is 3.87. The highest BCUT2D eigenvalue weighted by molar-refractivity contribution is 5.81. The fourth-order valence-electron chi connectivity index (χ4n) is 3.87. The van der Waals surface area contributed by atoms with Crippen LogP contribution in [0.15, 0.2) is 59.7 Å². The number of carbonyl (C=O) groups is 1. The van der Waals surface area contributed by atoms with Crippen LogP contribution in [-0.2, 0) is 11.3 Å². The third-order valence-corrected chi connectivity index (χ3v) is 5.45. The predicted octanol–water partition coefficient (Wildman–Crippen LogP) is 2.22. The van der Waals surface area contributed by atoms with Crippen LogP contribution in [0, 0.1) is 6.92 Å². The van der Waals surface area contributed by atoms with E-state index in [2.05, 4.69) is 29.1 Å². The number of likely N-dealkylation sites (N-methyl/N-ethyl adjacent to an activating group) is 1. The van der Waals surface area contributed by atoms with Crippen molar-refractivity contribution in [1.82, 2.24) is 19.4 Å². The van der Waals surface area contributed by atoms with Crippen LogP contribution in [0.1, 0.15) is 17.2 Å². The normalized spacial score (nSPS) is 17.8. The number of piperazine rings is 1. The molecule has 0 saturated carbocycles. The maximum Gasteiger partial charge on any atom is 0.261 e. The van der Waals surface area contributed by atoms with Crippen LogP contribution in [0.2, 0.25) is 0 Å². The lowest BCUT2D eigenvalue weighted by molar-refractivity contribution is -0.136. The summed E-state index contributed by atoms with van der Waals surface area (Å²) in [6.45, 7) is 4.17. The minimum Gasteiger partial charge on any atom is -0.332 e. The Bertz CT molecular complexity index is 1060. The maximum absolute atomic E-state index is 13.1. The minimum absolute atomic E-state index is 0.00274. The Hall–Kier alpha value is -2.99. The minimum atomic E-state index is -0.174. The van der Waals surface area contributed by atoms with E-state index >= 15 is 0 Å². The SMILES string of the molecule is Cc1cccc2c(=O)n(CC(=O)N3CCN(C)CC3c3ccccc3)cnc12. The second-order valence-corrected chi connectivity index (χ2v) is 7.42. The smallest absolute Gasteiger partial charge is 0.261 e. The average Bonchev–Trinajstić information content (AvgIpc) is 2.71. The summed E-state index contributed by atoms with van der Waals surface area (Å²) in [5.41, 5.74) is 2.59. The highest BCUT2D eigenvalue weighted by Crippen LogP contribution is 2.25. The van der Waals surface area contributed by atoms with Crippen molar-refractivity contribution in [3.63, 3.8) is 0 Å². The maximum atomic E-state index is 13.1. The van der Waals surface area contributed by atoms with E-state index in [9.17, 15) is 9.59 Å². The summed E-state index contributed by atoms with van der Waals surface area (Å²) in [6.07, 6.45) is 1.49. The third kappa shape index (κ3) is 3.43. The molecule has 0 radical (unpaired) electrons. The first-order valence-corrected chi connectivity index (χ1v) is 9.52. The number of nitrogens with zero attached hydrogens (tertiary/aromatic N) is 4. The van der Waals surface area contributed by atoms with Crippen LogP contribution >= 0.6 is 0 Å². The number of benzene rings is 2. The Morgan fingerprint density at radius 1 is 1.11 bits per heavy atom. The number of hydrogen-bond acceptors (Lipinski definition) is 4. The van der Waals surface area contributed by atoms with Gasteiger partial charge in [-0.1, -0.05) is 42.5 Å². The van der Waals surface area contributed by atoms with Gasteiger partial charge in [0, 0.05) is 19.6 Å². The van der Waals surface area contributed by atoms with Gasteiger partial charge in [0.05, 0.1) is 23.3 Å². The van der Waals surface area contributed by atoms with Crippen LogP contribution in [0.25, 0.3) is 10.9 Å². The van der Waals surface area contributed by atoms with E-state index < -0.39 is 0 Å². The molecule has 144 valence electrons. The Morgan fingerprint density at radius 3 is 2.68 bits per heavy atom. The van der Waals surface area contributed by atoms with Crippen LogP contribution in [-0.4, -0.2) is 51.9 Å². The lowest BCUT2D eigenvalue weighted by Gasteiger charge is -2.40. The lowest BCUT2D eigenvalue weighted by atomic mass is 10.0. The quantitative estimate of drug-likeness (QED) is 0.703. The molecule has 1 unspecified atom stereocenters. The van der Waals surface area contributed by atoms with Crippen LogP contribution in [0.5, 0.6) is 0 Å². The highest BCUT2D eigenvalue weighted by atomic mass is 16.2. The van der Waals surface area contributed by atoms with Gasteiger partial charge in [0.25, 0.3) is 5.56 Å². The van der Waals surface area contributed by atoms with E-state index in [0.29, 0.717) is 17.4 Å². The molecule has 0 aliphatic carbocycles. The average molecular weight is 376 g/mol. The Kier molecular flexibility index (Phi) is 4.96. The summed E-state index contributed by atoms with van der Waals surface area (Å²) in [7, 11) is 2.07. The first-order chi connectivity index (χ1) is 13.5. The van der Waals surface area contributed by atoms with Crippen LogP contribution in [0.4, 0.5) is 0 Å². The lowest BCUT2D eigenvalue weighted by Crippen LogP contribution is -2.50. The zero-order valence-corrected chi connectivity index (χ0v) is 16.2. The van der Waals surface area contributed by atoms with Gasteiger partial charge in [-0.15, -0.1) is 0 Å². The Morgan fingerprint density at radius 2 is 1.89 bits per heavy atom. The predicted molar refractivity (Wildman–Crippen MR) is 109 cm³/mol. The van der Waals surface area contributed by atoms with Crippen molar-refractivity contribution in [2.75, 3.05) is 26.7 Å². The standard InChI is InChI=1S/C22H24N4O2/c1-16-7-6-10-18-21(16)23-15-25(22(18)28)14-20(27)26-12-11-24(2)13-19(26)17-8-4-3-5-9-17/h3-10,15,19H,11-14H2,1-2H3. The number of amides is 1. The van der Waals surface area contributed by atoms with Crippen molar-refractivity contribution in [2.24, 2.45) is 0 Å². The summed E-state index contributed by atoms with van der Waals surface area (Å²) in [5.74, 6) is -0.0575. The molecule has 1 atom stereocenters. The van der Waals surface area contributed by atoms with E-state index in [1.54, 1.807) is 6.07 Å². The van der Waals surface area contributed by atoms with Gasteiger partial charge in [-0.2, -0.15) is 0 Å². The van der Waals surface area contributed by atoms with E-state index in [0.717, 1.165) is 24.2 Å². The van der Waals surface area contributed by atoms with Gasteiger partial charge >= 0.3 is 0 Å². The summed E-state index contributed by atoms with van der Waals surface area (Å²) in [5, 5.41) is 0.549. The molecule has 28 heavy (non-hydrogen) atoms. The largest absolute Gasteiger partial charge is 0.332 e. The molecule has 1 aliphatic heterocycles. The Balaban J connectivity index is 1.63. The van der Waals surface area contributed by atoms with E-state index in [4.69, 9.17) is 0 Å². The van der Waals surface area contributed by atoms with E-state index in [1.165, 1.54) is 10.9 Å². The zero-order valence-electron chi connectivity index (χ0n) is 16.2. The second-order valence-electron chi connectivity index (χ2n) is 7.42. The molecule has 0 spiro atoms. The number of rotatable bonds is 3. The van der Waals surface area contributed by atoms with Gasteiger partial charge < -0.3 is 9.80 Å². The van der Waals surface area contributed by atoms with E-state index in [-0.39, 0.29) is 24.1 Å². The molecule has 0 N–H and O–H groups in total. The first kappa shape index (κ1) is 18.4. The number of aromatic nitrogens is 2. The first-order valence-electron chi connectivity index (χ1n) is 9.52. The highest BCUT2D eigenvalue weighted by Gasteiger charge is 2.30. The summed E-state index contributed by atoms with van der Waals surface area (Å²) in [4.78, 5) is 34.5. The molecule has 2 aromatic carbocycles. The summed E-state index contributed by atoms with van der Waals surface area (Å²) in [6, 6.07) is 15.6. The van der Waals surface area contributed by atoms with Gasteiger partial charge in [0.2, 0.25) is 5.91 Å². The fraction of sp³-hybridized carbons (Fsp3) is 0.318. The molecule has 6 nitrogen and oxygen atoms in total. The van der Waals surface area contributed by atoms with Gasteiger partial charge in [-0.3, -0.25) is 14.2 Å². The zero-order chi connectivity index (χ0) is 19.7. The molecular formula is C22H24N4O2. The number of aryl methyl sites for hydroxylation is 1. The van der Waals surface area contributed by atoms with Gasteiger partial charge in [-0.25, -0.2) is 4.98 Å². The van der Waals surface area contributed by atoms with Gasteiger partial charge in [-0.05, 0) is 31.2 Å². The van der Waals surface area contributed by atoms with Crippen molar-refractivity contribution in [3.05, 3.63) is 76.3 Å². The second kappa shape index (κ2) is 7.56. The molecule has 1 aliphatic rings. The van der Waals surface area contributed by atoms with Gasteiger partial charge in [0.1, 0.15) is 6.54 Å². The molecular weight excluding hydrogens is 352 g/mol.